The van der Waals surface area contributed by atoms with E-state index in [1.165, 1.54) is 0 Å². The number of hydrogen-bond donors (Lipinski definition) is 0. The fourth-order valence-electron chi connectivity index (χ4n) is 3.76. The zero-order valence-corrected chi connectivity index (χ0v) is 13.5. The van der Waals surface area contributed by atoms with Crippen LogP contribution in [0.15, 0.2) is 89.1 Å². The van der Waals surface area contributed by atoms with Crippen molar-refractivity contribution in [1.82, 2.24) is 0 Å². The lowest BCUT2D eigenvalue weighted by Crippen LogP contribution is -2.38. The maximum atomic E-state index is 13.5. The Balaban J connectivity index is 1.69. The standard InChI is InChI=1S/C21H15N3O/c25-20-21(16-10-4-6-12-18(16)22-23-21)17-11-5-7-13-19(17)24(20)14-15-8-2-1-3-9-15/h1-13H,14H2/t21-/m1/s1. The SMILES string of the molecule is O=C1N(Cc2ccccc2)c2ccccc2[C@@]12N=Nc1ccccc12. The first-order valence-electron chi connectivity index (χ1n) is 8.28. The molecular weight excluding hydrogens is 310 g/mol. The van der Waals surface area contributed by atoms with E-state index < -0.39 is 5.54 Å². The maximum Gasteiger partial charge on any atom is 0.266 e. The van der Waals surface area contributed by atoms with Crippen LogP contribution < -0.4 is 4.90 Å². The van der Waals surface area contributed by atoms with Gasteiger partial charge in [-0.1, -0.05) is 66.7 Å². The van der Waals surface area contributed by atoms with E-state index in [0.717, 1.165) is 28.1 Å². The van der Waals surface area contributed by atoms with Gasteiger partial charge in [0.15, 0.2) is 0 Å². The molecule has 0 unspecified atom stereocenters. The minimum atomic E-state index is -1.04. The second-order valence-electron chi connectivity index (χ2n) is 6.32. The molecule has 1 atom stereocenters. The van der Waals surface area contributed by atoms with Crippen molar-refractivity contribution in [1.29, 1.82) is 0 Å². The minimum Gasteiger partial charge on any atom is -0.305 e. The molecule has 4 nitrogen and oxygen atoms in total. The number of carbonyl (C=O) groups excluding carboxylic acids is 1. The van der Waals surface area contributed by atoms with Crippen LogP contribution in [0.2, 0.25) is 0 Å². The number of fused-ring (bicyclic) bond motifs is 4. The van der Waals surface area contributed by atoms with Gasteiger partial charge in [0.05, 0.1) is 17.9 Å². The van der Waals surface area contributed by atoms with E-state index >= 15 is 0 Å². The van der Waals surface area contributed by atoms with Crippen molar-refractivity contribution in [2.24, 2.45) is 10.2 Å². The van der Waals surface area contributed by atoms with Crippen molar-refractivity contribution in [2.75, 3.05) is 4.90 Å². The highest BCUT2D eigenvalue weighted by Crippen LogP contribution is 2.53. The van der Waals surface area contributed by atoms with Gasteiger partial charge in [-0.25, -0.2) is 0 Å². The van der Waals surface area contributed by atoms with E-state index in [-0.39, 0.29) is 5.91 Å². The van der Waals surface area contributed by atoms with Gasteiger partial charge < -0.3 is 4.90 Å². The summed E-state index contributed by atoms with van der Waals surface area (Å²) in [6.45, 7) is 0.524. The number of benzene rings is 3. The Morgan fingerprint density at radius 3 is 2.32 bits per heavy atom. The van der Waals surface area contributed by atoms with Gasteiger partial charge in [-0.05, 0) is 17.7 Å². The summed E-state index contributed by atoms with van der Waals surface area (Å²) in [5.41, 5.74) is 3.50. The second kappa shape index (κ2) is 5.11. The zero-order chi connectivity index (χ0) is 16.9. The Bertz CT molecular complexity index is 1010. The van der Waals surface area contributed by atoms with E-state index in [4.69, 9.17) is 0 Å². The normalized spacial score (nSPS) is 20.2. The summed E-state index contributed by atoms with van der Waals surface area (Å²) in [7, 11) is 0. The first-order chi connectivity index (χ1) is 12.3. The first kappa shape index (κ1) is 14.1. The molecule has 3 aromatic carbocycles. The van der Waals surface area contributed by atoms with Gasteiger partial charge in [0.2, 0.25) is 5.54 Å². The molecule has 0 fully saturated rings. The number of azo groups is 1. The smallest absolute Gasteiger partial charge is 0.266 e. The number of para-hydroxylation sites is 1. The molecule has 5 rings (SSSR count). The zero-order valence-electron chi connectivity index (χ0n) is 13.5. The van der Waals surface area contributed by atoms with Gasteiger partial charge in [0, 0.05) is 11.1 Å². The van der Waals surface area contributed by atoms with Crippen LogP contribution in [0.5, 0.6) is 0 Å². The molecule has 3 aromatic rings. The monoisotopic (exact) mass is 325 g/mol. The predicted molar refractivity (Wildman–Crippen MR) is 95.8 cm³/mol. The summed E-state index contributed by atoms with van der Waals surface area (Å²) in [6.07, 6.45) is 0. The molecule has 120 valence electrons. The number of nitrogens with zero attached hydrogens (tertiary/aromatic N) is 3. The molecule has 1 spiro atoms. The van der Waals surface area contributed by atoms with Crippen LogP contribution in [0.4, 0.5) is 11.4 Å². The lowest BCUT2D eigenvalue weighted by molar-refractivity contribution is -0.121. The van der Waals surface area contributed by atoms with Crippen LogP contribution in [-0.4, -0.2) is 5.91 Å². The van der Waals surface area contributed by atoms with Crippen LogP contribution in [0.3, 0.4) is 0 Å². The van der Waals surface area contributed by atoms with E-state index in [0.29, 0.717) is 6.54 Å². The number of carbonyl (C=O) groups is 1. The molecule has 0 N–H and O–H groups in total. The molecule has 0 saturated carbocycles. The van der Waals surface area contributed by atoms with Gasteiger partial charge in [0.25, 0.3) is 5.91 Å². The second-order valence-corrected chi connectivity index (χ2v) is 6.32. The molecule has 2 aliphatic heterocycles. The van der Waals surface area contributed by atoms with Gasteiger partial charge >= 0.3 is 0 Å². The Hall–Kier alpha value is -3.27. The summed E-state index contributed by atoms with van der Waals surface area (Å²) in [6, 6.07) is 25.6. The Kier molecular flexibility index (Phi) is 2.88. The Morgan fingerprint density at radius 2 is 1.48 bits per heavy atom. The molecule has 0 radical (unpaired) electrons. The average molecular weight is 325 g/mol. The van der Waals surface area contributed by atoms with Crippen LogP contribution >= 0.6 is 0 Å². The van der Waals surface area contributed by atoms with Crippen LogP contribution in [0.1, 0.15) is 16.7 Å². The van der Waals surface area contributed by atoms with Crippen LogP contribution in [0, 0.1) is 0 Å². The fourth-order valence-corrected chi connectivity index (χ4v) is 3.76. The first-order valence-corrected chi connectivity index (χ1v) is 8.28. The Labute approximate surface area is 145 Å². The van der Waals surface area contributed by atoms with Crippen molar-refractivity contribution in [3.8, 4) is 0 Å². The number of hydrogen-bond acceptors (Lipinski definition) is 3. The summed E-state index contributed by atoms with van der Waals surface area (Å²) in [4.78, 5) is 15.4. The maximum absolute atomic E-state index is 13.5. The summed E-state index contributed by atoms with van der Waals surface area (Å²) < 4.78 is 0. The fraction of sp³-hybridized carbons (Fsp3) is 0.0952. The minimum absolute atomic E-state index is 0.0359. The molecule has 0 aromatic heterocycles. The third-order valence-electron chi connectivity index (χ3n) is 4.92. The van der Waals surface area contributed by atoms with E-state index in [2.05, 4.69) is 10.2 Å². The third-order valence-corrected chi connectivity index (χ3v) is 4.92. The third kappa shape index (κ3) is 1.85. The number of amides is 1. The van der Waals surface area contributed by atoms with Gasteiger partial charge in [-0.15, -0.1) is 0 Å². The van der Waals surface area contributed by atoms with Gasteiger partial charge in [-0.3, -0.25) is 4.79 Å². The molecule has 0 saturated heterocycles. The van der Waals surface area contributed by atoms with Crippen molar-refractivity contribution in [2.45, 2.75) is 12.1 Å². The highest BCUT2D eigenvalue weighted by Gasteiger charge is 2.55. The average Bonchev–Trinajstić information content (AvgIpc) is 3.17. The van der Waals surface area contributed by atoms with Crippen LogP contribution in [0.25, 0.3) is 0 Å². The van der Waals surface area contributed by atoms with Gasteiger partial charge in [0.1, 0.15) is 0 Å². The molecule has 25 heavy (non-hydrogen) atoms. The van der Waals surface area contributed by atoms with Crippen molar-refractivity contribution in [3.05, 3.63) is 95.6 Å². The summed E-state index contributed by atoms with van der Waals surface area (Å²) in [5.74, 6) is -0.0359. The molecule has 1 amide bonds. The van der Waals surface area contributed by atoms with Crippen LogP contribution in [-0.2, 0) is 16.9 Å². The quantitative estimate of drug-likeness (QED) is 0.680. The molecule has 2 heterocycles. The molecule has 0 bridgehead atoms. The number of anilines is 1. The molecule has 0 aliphatic carbocycles. The molecular formula is C21H15N3O. The highest BCUT2D eigenvalue weighted by molar-refractivity contribution is 6.11. The van der Waals surface area contributed by atoms with E-state index in [1.807, 2.05) is 83.8 Å². The van der Waals surface area contributed by atoms with E-state index in [9.17, 15) is 4.79 Å². The van der Waals surface area contributed by atoms with Gasteiger partial charge in [-0.2, -0.15) is 10.2 Å². The lowest BCUT2D eigenvalue weighted by atomic mass is 9.85. The topological polar surface area (TPSA) is 45.0 Å². The Morgan fingerprint density at radius 1 is 0.800 bits per heavy atom. The molecule has 2 aliphatic rings. The number of rotatable bonds is 2. The summed E-state index contributed by atoms with van der Waals surface area (Å²) in [5, 5.41) is 8.79. The van der Waals surface area contributed by atoms with Crippen molar-refractivity contribution in [3.63, 3.8) is 0 Å². The van der Waals surface area contributed by atoms with Crippen molar-refractivity contribution >= 4 is 17.3 Å². The molecule has 4 heteroatoms. The predicted octanol–water partition coefficient (Wildman–Crippen LogP) is 4.57. The highest BCUT2D eigenvalue weighted by atomic mass is 16.2. The lowest BCUT2D eigenvalue weighted by Gasteiger charge is -2.21. The largest absolute Gasteiger partial charge is 0.305 e. The summed E-state index contributed by atoms with van der Waals surface area (Å²) >= 11 is 0. The van der Waals surface area contributed by atoms with E-state index in [1.54, 1.807) is 0 Å². The van der Waals surface area contributed by atoms with Crippen molar-refractivity contribution < 1.29 is 4.79 Å².